The van der Waals surface area contributed by atoms with Crippen LogP contribution in [0, 0.1) is 12.3 Å². The molecule has 20 heavy (non-hydrogen) atoms. The highest BCUT2D eigenvalue weighted by molar-refractivity contribution is 5.76. The first kappa shape index (κ1) is 12.8. The Kier molecular flexibility index (Phi) is 3.22. The van der Waals surface area contributed by atoms with Gasteiger partial charge in [-0.2, -0.15) is 10.2 Å². The van der Waals surface area contributed by atoms with Crippen molar-refractivity contribution in [3.63, 3.8) is 0 Å². The third kappa shape index (κ3) is 2.54. The van der Waals surface area contributed by atoms with Crippen molar-refractivity contribution < 1.29 is 4.79 Å². The van der Waals surface area contributed by atoms with Gasteiger partial charge in [-0.05, 0) is 0 Å². The molecule has 1 amide bonds. The lowest BCUT2D eigenvalue weighted by atomic mass is 10.0. The van der Waals surface area contributed by atoms with E-state index in [9.17, 15) is 4.79 Å². The molecule has 0 fully saturated rings. The summed E-state index contributed by atoms with van der Waals surface area (Å²) in [6, 6.07) is 0. The molecule has 0 aliphatic carbocycles. The lowest BCUT2D eigenvalue weighted by molar-refractivity contribution is -0.133. The zero-order valence-electron chi connectivity index (χ0n) is 11.2. The molecule has 0 saturated carbocycles. The topological polar surface area (TPSA) is 75.7 Å². The van der Waals surface area contributed by atoms with Crippen LogP contribution < -0.4 is 0 Å². The number of rotatable bonds is 5. The molecule has 0 saturated heterocycles. The molecule has 0 unspecified atom stereocenters. The number of hydrogen-bond donors (Lipinski definition) is 0. The van der Waals surface area contributed by atoms with E-state index in [4.69, 9.17) is 6.42 Å². The molecular formula is C13H16N6O. The van der Waals surface area contributed by atoms with Crippen molar-refractivity contribution in [3.05, 3.63) is 11.9 Å². The highest BCUT2D eigenvalue weighted by atomic mass is 16.2. The summed E-state index contributed by atoms with van der Waals surface area (Å²) in [6.07, 6.45) is 9.46. The summed E-state index contributed by atoms with van der Waals surface area (Å²) in [5.41, 5.74) is 0.605. The highest BCUT2D eigenvalue weighted by Gasteiger charge is 2.39. The maximum atomic E-state index is 12.2. The second kappa shape index (κ2) is 5.04. The quantitative estimate of drug-likeness (QED) is 0.750. The average molecular weight is 272 g/mol. The summed E-state index contributed by atoms with van der Waals surface area (Å²) in [7, 11) is 0. The number of amides is 1. The van der Waals surface area contributed by atoms with Gasteiger partial charge in [-0.1, -0.05) is 5.21 Å². The fourth-order valence-electron chi connectivity index (χ4n) is 2.43. The predicted molar refractivity (Wildman–Crippen MR) is 70.3 cm³/mol. The minimum absolute atomic E-state index is 0.134. The first-order valence-electron chi connectivity index (χ1n) is 6.75. The van der Waals surface area contributed by atoms with Crippen LogP contribution >= 0.6 is 0 Å². The minimum atomic E-state index is -0.374. The van der Waals surface area contributed by atoms with Crippen molar-refractivity contribution in [1.29, 1.82) is 0 Å². The van der Waals surface area contributed by atoms with E-state index in [0.29, 0.717) is 38.9 Å². The second-order valence-electron chi connectivity index (χ2n) is 5.15. The van der Waals surface area contributed by atoms with Gasteiger partial charge in [0.05, 0.1) is 25.0 Å². The van der Waals surface area contributed by atoms with Crippen molar-refractivity contribution in [2.75, 3.05) is 6.54 Å². The Morgan fingerprint density at radius 1 is 1.40 bits per heavy atom. The number of fused-ring (bicyclic) bond motifs is 1. The molecular weight excluding hydrogens is 256 g/mol. The van der Waals surface area contributed by atoms with Gasteiger partial charge in [0.1, 0.15) is 0 Å². The Morgan fingerprint density at radius 2 is 2.25 bits per heavy atom. The maximum absolute atomic E-state index is 12.2. The normalized spacial score (nSPS) is 18.4. The van der Waals surface area contributed by atoms with E-state index < -0.39 is 0 Å². The summed E-state index contributed by atoms with van der Waals surface area (Å²) in [5.74, 6) is 2.72. The van der Waals surface area contributed by atoms with Gasteiger partial charge in [-0.15, -0.1) is 17.4 Å². The zero-order chi connectivity index (χ0) is 14.0. The van der Waals surface area contributed by atoms with Crippen LogP contribution in [0.3, 0.4) is 0 Å². The smallest absolute Gasteiger partial charge is 0.223 e. The molecule has 104 valence electrons. The van der Waals surface area contributed by atoms with Crippen molar-refractivity contribution in [3.8, 4) is 12.3 Å². The van der Waals surface area contributed by atoms with Gasteiger partial charge in [-0.3, -0.25) is 4.79 Å². The molecule has 7 heteroatoms. The van der Waals surface area contributed by atoms with E-state index in [2.05, 4.69) is 26.5 Å². The summed E-state index contributed by atoms with van der Waals surface area (Å²) < 4.78 is 1.84. The zero-order valence-corrected chi connectivity index (χ0v) is 11.2. The maximum Gasteiger partial charge on any atom is 0.223 e. The fourth-order valence-corrected chi connectivity index (χ4v) is 2.43. The van der Waals surface area contributed by atoms with E-state index >= 15 is 0 Å². The molecule has 0 atom stereocenters. The minimum Gasteiger partial charge on any atom is -0.335 e. The number of hydrogen-bond acceptors (Lipinski definition) is 5. The number of carbonyl (C=O) groups is 1. The predicted octanol–water partition coefficient (Wildman–Crippen LogP) is 0.976. The van der Waals surface area contributed by atoms with E-state index in [1.807, 2.05) is 9.58 Å². The van der Waals surface area contributed by atoms with Gasteiger partial charge < -0.3 is 4.90 Å². The number of carbonyl (C=O) groups excluding carboxylic acids is 1. The number of nitrogens with zero attached hydrogens (tertiary/aromatic N) is 6. The Bertz CT molecular complexity index is 578. The van der Waals surface area contributed by atoms with Crippen LogP contribution in [0.4, 0.5) is 0 Å². The van der Waals surface area contributed by atoms with Crippen LogP contribution in [-0.2, 0) is 17.9 Å². The van der Waals surface area contributed by atoms with Crippen molar-refractivity contribution in [2.24, 2.45) is 10.2 Å². The molecule has 7 nitrogen and oxygen atoms in total. The summed E-state index contributed by atoms with van der Waals surface area (Å²) in [4.78, 5) is 14.1. The highest BCUT2D eigenvalue weighted by Crippen LogP contribution is 2.37. The van der Waals surface area contributed by atoms with E-state index in [1.165, 1.54) is 0 Å². The second-order valence-corrected chi connectivity index (χ2v) is 5.15. The standard InChI is InChI=1S/C13H16N6O/c1-2-3-5-13(15-16-13)6-4-12(20)18-7-8-19-11(10-18)9-14-17-19/h1,9H,3-8,10H2. The molecule has 1 aromatic rings. The lowest BCUT2D eigenvalue weighted by Crippen LogP contribution is -2.38. The molecule has 0 aromatic carbocycles. The molecule has 0 radical (unpaired) electrons. The first-order chi connectivity index (χ1) is 9.72. The largest absolute Gasteiger partial charge is 0.335 e. The van der Waals surface area contributed by atoms with Crippen LogP contribution in [0.2, 0.25) is 0 Å². The van der Waals surface area contributed by atoms with E-state index in [-0.39, 0.29) is 11.6 Å². The third-order valence-electron chi connectivity index (χ3n) is 3.78. The molecule has 1 aromatic heterocycles. The Hall–Kier alpha value is -2.23. The van der Waals surface area contributed by atoms with Gasteiger partial charge >= 0.3 is 0 Å². The van der Waals surface area contributed by atoms with Gasteiger partial charge in [0.25, 0.3) is 0 Å². The Morgan fingerprint density at radius 3 is 3.00 bits per heavy atom. The molecule has 0 spiro atoms. The molecule has 0 N–H and O–H groups in total. The van der Waals surface area contributed by atoms with Gasteiger partial charge in [0, 0.05) is 32.2 Å². The van der Waals surface area contributed by atoms with E-state index in [1.54, 1.807) is 6.20 Å². The van der Waals surface area contributed by atoms with Crippen LogP contribution in [0.15, 0.2) is 16.4 Å². The average Bonchev–Trinajstić information content (AvgIpc) is 3.09. The first-order valence-corrected chi connectivity index (χ1v) is 6.75. The molecule has 2 aliphatic rings. The van der Waals surface area contributed by atoms with Crippen LogP contribution in [0.25, 0.3) is 0 Å². The van der Waals surface area contributed by atoms with Crippen LogP contribution in [0.5, 0.6) is 0 Å². The lowest BCUT2D eigenvalue weighted by Gasteiger charge is -2.27. The van der Waals surface area contributed by atoms with Crippen LogP contribution in [-0.4, -0.2) is 38.0 Å². The molecule has 3 heterocycles. The molecule has 0 bridgehead atoms. The van der Waals surface area contributed by atoms with E-state index in [0.717, 1.165) is 12.1 Å². The van der Waals surface area contributed by atoms with Crippen molar-refractivity contribution >= 4 is 5.91 Å². The van der Waals surface area contributed by atoms with Crippen LogP contribution in [0.1, 0.15) is 31.4 Å². The summed E-state index contributed by atoms with van der Waals surface area (Å²) >= 11 is 0. The third-order valence-corrected chi connectivity index (χ3v) is 3.78. The van der Waals surface area contributed by atoms with Gasteiger partial charge in [-0.25, -0.2) is 4.68 Å². The number of terminal acetylenes is 1. The Labute approximate surface area is 117 Å². The molecule has 2 aliphatic heterocycles. The monoisotopic (exact) mass is 272 g/mol. The SMILES string of the molecule is C#CCCC1(CCC(=O)N2CCn3nncc3C2)N=N1. The summed E-state index contributed by atoms with van der Waals surface area (Å²) in [6.45, 7) is 1.97. The number of aromatic nitrogens is 3. The Balaban J connectivity index is 1.50. The molecule has 3 rings (SSSR count). The van der Waals surface area contributed by atoms with Gasteiger partial charge in [0.15, 0.2) is 5.66 Å². The fraction of sp³-hybridized carbons (Fsp3) is 0.615. The van der Waals surface area contributed by atoms with Gasteiger partial charge in [0.2, 0.25) is 5.91 Å². The van der Waals surface area contributed by atoms with Crippen molar-refractivity contribution in [2.45, 2.75) is 44.4 Å². The van der Waals surface area contributed by atoms with Crippen molar-refractivity contribution in [1.82, 2.24) is 19.9 Å². The summed E-state index contributed by atoms with van der Waals surface area (Å²) in [5, 5.41) is 15.9.